The van der Waals surface area contributed by atoms with E-state index in [-0.39, 0.29) is 23.0 Å². The lowest BCUT2D eigenvalue weighted by Crippen LogP contribution is -2.38. The molecular formula is C26H23BrF3N5O. The predicted octanol–water partition coefficient (Wildman–Crippen LogP) is 6.58. The van der Waals surface area contributed by atoms with Crippen molar-refractivity contribution in [2.45, 2.75) is 31.9 Å². The summed E-state index contributed by atoms with van der Waals surface area (Å²) in [5.74, 6) is 0.404. The molecule has 1 aliphatic heterocycles. The van der Waals surface area contributed by atoms with Crippen molar-refractivity contribution < 1.29 is 18.0 Å². The molecule has 0 aliphatic carbocycles. The van der Waals surface area contributed by atoms with Gasteiger partial charge in [-0.05, 0) is 64.9 Å². The van der Waals surface area contributed by atoms with Gasteiger partial charge in [0, 0.05) is 31.0 Å². The van der Waals surface area contributed by atoms with Crippen molar-refractivity contribution >= 4 is 39.0 Å². The monoisotopic (exact) mass is 557 g/mol. The van der Waals surface area contributed by atoms with E-state index in [0.29, 0.717) is 34.8 Å². The van der Waals surface area contributed by atoms with Crippen LogP contribution in [-0.4, -0.2) is 38.5 Å². The van der Waals surface area contributed by atoms with E-state index < -0.39 is 11.7 Å². The lowest BCUT2D eigenvalue weighted by molar-refractivity contribution is -0.137. The van der Waals surface area contributed by atoms with E-state index in [9.17, 15) is 18.0 Å². The van der Waals surface area contributed by atoms with Gasteiger partial charge in [-0.1, -0.05) is 36.4 Å². The zero-order valence-corrected chi connectivity index (χ0v) is 21.0. The summed E-state index contributed by atoms with van der Waals surface area (Å²) in [5, 5.41) is 7.42. The second-order valence-electron chi connectivity index (χ2n) is 8.89. The van der Waals surface area contributed by atoms with Crippen LogP contribution in [0.1, 0.15) is 45.8 Å². The van der Waals surface area contributed by atoms with Crippen LogP contribution in [0, 0.1) is 6.92 Å². The van der Waals surface area contributed by atoms with Crippen LogP contribution in [0.2, 0.25) is 0 Å². The molecular weight excluding hydrogens is 535 g/mol. The summed E-state index contributed by atoms with van der Waals surface area (Å²) in [6.07, 6.45) is -1.38. The molecule has 4 aromatic rings. The van der Waals surface area contributed by atoms with E-state index >= 15 is 0 Å². The Bertz CT molecular complexity index is 1410. The van der Waals surface area contributed by atoms with Crippen LogP contribution >= 0.6 is 15.9 Å². The Morgan fingerprint density at radius 1 is 1.08 bits per heavy atom. The maximum absolute atomic E-state index is 13.6. The number of rotatable bonds is 4. The number of fused-ring (bicyclic) bond motifs is 1. The van der Waals surface area contributed by atoms with Gasteiger partial charge in [0.2, 0.25) is 0 Å². The molecule has 0 atom stereocenters. The fourth-order valence-electron chi connectivity index (χ4n) is 4.55. The van der Waals surface area contributed by atoms with Crippen LogP contribution < -0.4 is 5.32 Å². The number of anilines is 2. The number of amides is 1. The molecule has 0 saturated carbocycles. The molecule has 1 fully saturated rings. The minimum Gasteiger partial charge on any atom is -0.339 e. The fraction of sp³-hybridized carbons (Fsp3) is 0.269. The SMILES string of the molecule is Cc1ccc(C(F)(F)F)cc1Nc1c(C(=O)N2CCC(c3ccccc3)CC2)cnc2cc(Br)nn12. The lowest BCUT2D eigenvalue weighted by Gasteiger charge is -2.32. The maximum Gasteiger partial charge on any atom is 0.416 e. The van der Waals surface area contributed by atoms with Gasteiger partial charge < -0.3 is 10.2 Å². The van der Waals surface area contributed by atoms with E-state index in [1.165, 1.54) is 22.3 Å². The van der Waals surface area contributed by atoms with Gasteiger partial charge >= 0.3 is 6.18 Å². The highest BCUT2D eigenvalue weighted by atomic mass is 79.9. The molecule has 2 aromatic carbocycles. The third-order valence-electron chi connectivity index (χ3n) is 6.56. The molecule has 1 amide bonds. The second-order valence-corrected chi connectivity index (χ2v) is 9.70. The molecule has 36 heavy (non-hydrogen) atoms. The van der Waals surface area contributed by atoms with Gasteiger partial charge in [-0.3, -0.25) is 4.79 Å². The van der Waals surface area contributed by atoms with Gasteiger partial charge in [0.25, 0.3) is 5.91 Å². The first-order chi connectivity index (χ1) is 17.2. The van der Waals surface area contributed by atoms with Crippen LogP contribution in [0.25, 0.3) is 5.65 Å². The van der Waals surface area contributed by atoms with Gasteiger partial charge in [-0.2, -0.15) is 22.8 Å². The highest BCUT2D eigenvalue weighted by Crippen LogP contribution is 2.34. The van der Waals surface area contributed by atoms with E-state index in [4.69, 9.17) is 0 Å². The van der Waals surface area contributed by atoms with Crippen LogP contribution in [0.4, 0.5) is 24.7 Å². The average molecular weight is 558 g/mol. The first-order valence-corrected chi connectivity index (χ1v) is 12.3. The Labute approximate surface area is 214 Å². The summed E-state index contributed by atoms with van der Waals surface area (Å²) in [4.78, 5) is 19.8. The third kappa shape index (κ3) is 4.82. The molecule has 0 spiro atoms. The predicted molar refractivity (Wildman–Crippen MR) is 134 cm³/mol. The smallest absolute Gasteiger partial charge is 0.339 e. The highest BCUT2D eigenvalue weighted by Gasteiger charge is 2.32. The minimum absolute atomic E-state index is 0.237. The Morgan fingerprint density at radius 2 is 1.81 bits per heavy atom. The summed E-state index contributed by atoms with van der Waals surface area (Å²) in [5.41, 5.74) is 2.01. The number of piperidine rings is 1. The van der Waals surface area contributed by atoms with Gasteiger partial charge in [-0.25, -0.2) is 4.98 Å². The molecule has 5 rings (SSSR count). The normalized spacial score (nSPS) is 14.9. The average Bonchev–Trinajstić information content (AvgIpc) is 3.26. The van der Waals surface area contributed by atoms with E-state index in [2.05, 4.69) is 43.5 Å². The number of aromatic nitrogens is 3. The number of aryl methyl sites for hydroxylation is 1. The van der Waals surface area contributed by atoms with Crippen molar-refractivity contribution in [3.05, 3.63) is 87.7 Å². The molecule has 1 aliphatic rings. The molecule has 10 heteroatoms. The van der Waals surface area contributed by atoms with E-state index in [1.807, 2.05) is 18.2 Å². The molecule has 3 heterocycles. The summed E-state index contributed by atoms with van der Waals surface area (Å²) in [6, 6.07) is 15.4. The molecule has 2 aromatic heterocycles. The minimum atomic E-state index is -4.49. The number of nitrogens with one attached hydrogen (secondary N) is 1. The lowest BCUT2D eigenvalue weighted by atomic mass is 9.89. The standard InChI is InChI=1S/C26H23BrF3N5O/c1-16-7-8-19(26(28,29)30)13-21(16)32-24-20(15-31-23-14-22(27)33-35(23)24)25(36)34-11-9-18(10-12-34)17-5-3-2-4-6-17/h2-8,13-15,18,32H,9-12H2,1H3. The number of hydrogen-bond donors (Lipinski definition) is 1. The number of likely N-dealkylation sites (tertiary alicyclic amines) is 1. The molecule has 0 bridgehead atoms. The van der Waals surface area contributed by atoms with Crippen molar-refractivity contribution in [2.75, 3.05) is 18.4 Å². The van der Waals surface area contributed by atoms with Gasteiger partial charge in [0.15, 0.2) is 5.65 Å². The quantitative estimate of drug-likeness (QED) is 0.307. The van der Waals surface area contributed by atoms with Crippen LogP contribution in [0.15, 0.2) is 65.4 Å². The molecule has 0 unspecified atom stereocenters. The summed E-state index contributed by atoms with van der Waals surface area (Å²) in [6.45, 7) is 2.85. The zero-order valence-electron chi connectivity index (χ0n) is 19.4. The van der Waals surface area contributed by atoms with E-state index in [0.717, 1.165) is 25.0 Å². The zero-order chi connectivity index (χ0) is 25.4. The van der Waals surface area contributed by atoms with Crippen molar-refractivity contribution in [3.63, 3.8) is 0 Å². The van der Waals surface area contributed by atoms with Gasteiger partial charge in [0.1, 0.15) is 16.0 Å². The Hall–Kier alpha value is -3.40. The highest BCUT2D eigenvalue weighted by molar-refractivity contribution is 9.10. The second kappa shape index (κ2) is 9.57. The number of benzene rings is 2. The number of alkyl halides is 3. The van der Waals surface area contributed by atoms with Gasteiger partial charge in [-0.15, -0.1) is 0 Å². The Morgan fingerprint density at radius 3 is 2.50 bits per heavy atom. The van der Waals surface area contributed by atoms with Crippen LogP contribution in [-0.2, 0) is 6.18 Å². The molecule has 1 N–H and O–H groups in total. The van der Waals surface area contributed by atoms with Crippen molar-refractivity contribution in [2.24, 2.45) is 0 Å². The van der Waals surface area contributed by atoms with E-state index in [1.54, 1.807) is 17.9 Å². The summed E-state index contributed by atoms with van der Waals surface area (Å²) in [7, 11) is 0. The van der Waals surface area contributed by atoms with Crippen molar-refractivity contribution in [1.82, 2.24) is 19.5 Å². The number of halogens is 4. The summed E-state index contributed by atoms with van der Waals surface area (Å²) < 4.78 is 42.1. The number of carbonyl (C=O) groups is 1. The number of hydrogen-bond acceptors (Lipinski definition) is 4. The molecule has 0 radical (unpaired) electrons. The van der Waals surface area contributed by atoms with Crippen LogP contribution in [0.5, 0.6) is 0 Å². The topological polar surface area (TPSA) is 62.5 Å². The molecule has 6 nitrogen and oxygen atoms in total. The first kappa shape index (κ1) is 24.3. The molecule has 186 valence electrons. The summed E-state index contributed by atoms with van der Waals surface area (Å²) >= 11 is 3.32. The Kier molecular flexibility index (Phi) is 6.46. The number of carbonyl (C=O) groups excluding carboxylic acids is 1. The Balaban J connectivity index is 1.47. The number of nitrogens with zero attached hydrogens (tertiary/aromatic N) is 4. The molecule has 1 saturated heterocycles. The third-order valence-corrected chi connectivity index (χ3v) is 6.94. The van der Waals surface area contributed by atoms with Crippen molar-refractivity contribution in [1.29, 1.82) is 0 Å². The van der Waals surface area contributed by atoms with Crippen molar-refractivity contribution in [3.8, 4) is 0 Å². The van der Waals surface area contributed by atoms with Crippen LogP contribution in [0.3, 0.4) is 0 Å². The maximum atomic E-state index is 13.6. The first-order valence-electron chi connectivity index (χ1n) is 11.5. The fourth-order valence-corrected chi connectivity index (χ4v) is 4.92. The van der Waals surface area contributed by atoms with Gasteiger partial charge in [0.05, 0.1) is 5.56 Å². The largest absolute Gasteiger partial charge is 0.416 e.